The summed E-state index contributed by atoms with van der Waals surface area (Å²) in [7, 11) is 1.27. The molecule has 0 fully saturated rings. The molecule has 0 amide bonds. The molecule has 0 bridgehead atoms. The Morgan fingerprint density at radius 3 is 2.38 bits per heavy atom. The molecule has 1 aromatic carbocycles. The Hall–Kier alpha value is -1.40. The van der Waals surface area contributed by atoms with Gasteiger partial charge in [-0.3, -0.25) is 0 Å². The van der Waals surface area contributed by atoms with Crippen LogP contribution in [0, 0.1) is 6.92 Å². The van der Waals surface area contributed by atoms with E-state index in [1.54, 1.807) is 0 Å². The molecule has 0 aliphatic carbocycles. The quantitative estimate of drug-likeness (QED) is 0.831. The second-order valence-corrected chi connectivity index (χ2v) is 5.75. The van der Waals surface area contributed by atoms with Gasteiger partial charge in [0, 0.05) is 16.2 Å². The number of aromatic nitrogens is 3. The first kappa shape index (κ1) is 11.1. The van der Waals surface area contributed by atoms with Gasteiger partial charge >= 0.3 is 0 Å². The number of nitrogens with one attached hydrogen (secondary N) is 1. The van der Waals surface area contributed by atoms with Crippen molar-refractivity contribution in [2.45, 2.75) is 12.1 Å². The van der Waals surface area contributed by atoms with Crippen molar-refractivity contribution in [2.24, 2.45) is 0 Å². The van der Waals surface area contributed by atoms with Gasteiger partial charge in [0.2, 0.25) is 0 Å². The first-order valence-electron chi connectivity index (χ1n) is 4.41. The first-order valence-corrected chi connectivity index (χ1v) is 6.72. The van der Waals surface area contributed by atoms with Crippen LogP contribution in [0.1, 0.15) is 5.56 Å². The van der Waals surface area contributed by atoms with E-state index in [-0.39, 0.29) is 5.16 Å². The molecule has 0 atom stereocenters. The summed E-state index contributed by atoms with van der Waals surface area (Å²) in [6, 6.07) is 7.40. The topological polar surface area (TPSA) is 75.7 Å². The Morgan fingerprint density at radius 2 is 1.88 bits per heavy atom. The fourth-order valence-electron chi connectivity index (χ4n) is 1.19. The molecule has 5 nitrogen and oxygen atoms in total. The van der Waals surface area contributed by atoms with Gasteiger partial charge in [-0.05, 0) is 6.92 Å². The van der Waals surface area contributed by atoms with E-state index < -0.39 is 9.05 Å². The molecule has 1 N–H and O–H groups in total. The van der Waals surface area contributed by atoms with Gasteiger partial charge in [0.15, 0.2) is 5.82 Å². The van der Waals surface area contributed by atoms with Crippen LogP contribution in [0.15, 0.2) is 29.4 Å². The summed E-state index contributed by atoms with van der Waals surface area (Å²) in [5.74, 6) is 0.305. The van der Waals surface area contributed by atoms with E-state index in [1.807, 2.05) is 31.2 Å². The second-order valence-electron chi connectivity index (χ2n) is 3.27. The van der Waals surface area contributed by atoms with Crippen LogP contribution >= 0.6 is 10.7 Å². The van der Waals surface area contributed by atoms with Crippen LogP contribution in [0.4, 0.5) is 0 Å². The molecule has 0 aliphatic heterocycles. The molecule has 1 aromatic heterocycles. The summed E-state index contributed by atoms with van der Waals surface area (Å²) in [4.78, 5) is 3.79. The van der Waals surface area contributed by atoms with Crippen molar-refractivity contribution in [3.8, 4) is 11.4 Å². The summed E-state index contributed by atoms with van der Waals surface area (Å²) in [5.41, 5.74) is 1.83. The molecule has 84 valence electrons. The van der Waals surface area contributed by atoms with Crippen molar-refractivity contribution < 1.29 is 8.42 Å². The molecule has 7 heteroatoms. The zero-order valence-corrected chi connectivity index (χ0v) is 9.88. The molecule has 0 aliphatic rings. The zero-order chi connectivity index (χ0) is 11.8. The average Bonchev–Trinajstić information content (AvgIpc) is 2.67. The Kier molecular flexibility index (Phi) is 2.69. The summed E-state index contributed by atoms with van der Waals surface area (Å²) in [5, 5.41) is 5.72. The maximum atomic E-state index is 11.0. The third-order valence-corrected chi connectivity index (χ3v) is 3.09. The normalized spacial score (nSPS) is 11.6. The summed E-state index contributed by atoms with van der Waals surface area (Å²) in [6.45, 7) is 1.95. The third kappa shape index (κ3) is 2.23. The van der Waals surface area contributed by atoms with Crippen LogP contribution in [0.25, 0.3) is 11.4 Å². The minimum atomic E-state index is -3.86. The highest BCUT2D eigenvalue weighted by atomic mass is 35.7. The Morgan fingerprint density at radius 1 is 1.25 bits per heavy atom. The zero-order valence-electron chi connectivity index (χ0n) is 8.31. The molecule has 1 heterocycles. The predicted octanol–water partition coefficient (Wildman–Crippen LogP) is 1.71. The van der Waals surface area contributed by atoms with Gasteiger partial charge in [-0.1, -0.05) is 29.8 Å². The molecule has 0 spiro atoms. The van der Waals surface area contributed by atoms with Crippen LogP contribution in [0.5, 0.6) is 0 Å². The van der Waals surface area contributed by atoms with E-state index in [2.05, 4.69) is 15.2 Å². The predicted molar refractivity (Wildman–Crippen MR) is 59.6 cm³/mol. The standard InChI is InChI=1S/C9H8ClN3O2S/c1-6-2-4-7(5-3-6)8-11-9(13-12-8)16(10,14)15/h2-5H,1H3,(H,11,12,13). The van der Waals surface area contributed by atoms with Gasteiger partial charge in [-0.25, -0.2) is 13.5 Å². The van der Waals surface area contributed by atoms with E-state index >= 15 is 0 Å². The maximum absolute atomic E-state index is 11.0. The van der Waals surface area contributed by atoms with Gasteiger partial charge in [0.25, 0.3) is 14.2 Å². The van der Waals surface area contributed by atoms with Crippen LogP contribution in [0.2, 0.25) is 0 Å². The van der Waals surface area contributed by atoms with Crippen molar-refractivity contribution in [1.82, 2.24) is 15.2 Å². The van der Waals surface area contributed by atoms with Crippen molar-refractivity contribution in [2.75, 3.05) is 0 Å². The maximum Gasteiger partial charge on any atom is 0.296 e. The lowest BCUT2D eigenvalue weighted by Gasteiger charge is -1.94. The van der Waals surface area contributed by atoms with Crippen molar-refractivity contribution in [3.05, 3.63) is 29.8 Å². The number of hydrogen-bond acceptors (Lipinski definition) is 4. The van der Waals surface area contributed by atoms with E-state index in [1.165, 1.54) is 0 Å². The van der Waals surface area contributed by atoms with Gasteiger partial charge < -0.3 is 0 Å². The number of rotatable bonds is 2. The van der Waals surface area contributed by atoms with Crippen LogP contribution in [-0.4, -0.2) is 23.6 Å². The Balaban J connectivity index is 2.43. The molecule has 16 heavy (non-hydrogen) atoms. The Labute approximate surface area is 96.9 Å². The molecule has 2 rings (SSSR count). The number of nitrogens with zero attached hydrogens (tertiary/aromatic N) is 2. The smallest absolute Gasteiger partial charge is 0.248 e. The fraction of sp³-hybridized carbons (Fsp3) is 0.111. The second kappa shape index (κ2) is 3.88. The van der Waals surface area contributed by atoms with E-state index in [4.69, 9.17) is 10.7 Å². The largest absolute Gasteiger partial charge is 0.296 e. The summed E-state index contributed by atoms with van der Waals surface area (Å²) in [6.07, 6.45) is 0. The molecule has 0 saturated carbocycles. The third-order valence-electron chi connectivity index (χ3n) is 2.01. The number of H-pyrrole nitrogens is 1. The number of aryl methyl sites for hydroxylation is 1. The molecule has 2 aromatic rings. The SMILES string of the molecule is Cc1ccc(-c2n[nH]c(S(=O)(=O)Cl)n2)cc1. The highest BCUT2D eigenvalue weighted by Gasteiger charge is 2.16. The van der Waals surface area contributed by atoms with Gasteiger partial charge in [-0.15, -0.1) is 0 Å². The number of aromatic amines is 1. The van der Waals surface area contributed by atoms with Crippen LogP contribution < -0.4 is 0 Å². The van der Waals surface area contributed by atoms with E-state index in [0.717, 1.165) is 11.1 Å². The van der Waals surface area contributed by atoms with Crippen molar-refractivity contribution >= 4 is 19.7 Å². The lowest BCUT2D eigenvalue weighted by molar-refractivity contribution is 0.602. The molecule has 0 saturated heterocycles. The summed E-state index contributed by atoms with van der Waals surface area (Å²) >= 11 is 0. The van der Waals surface area contributed by atoms with Crippen molar-refractivity contribution in [1.29, 1.82) is 0 Å². The molecule has 0 unspecified atom stereocenters. The van der Waals surface area contributed by atoms with Crippen molar-refractivity contribution in [3.63, 3.8) is 0 Å². The average molecular weight is 258 g/mol. The van der Waals surface area contributed by atoms with Gasteiger partial charge in [-0.2, -0.15) is 10.1 Å². The first-order chi connectivity index (χ1) is 7.47. The molecular weight excluding hydrogens is 250 g/mol. The van der Waals surface area contributed by atoms with E-state index in [9.17, 15) is 8.42 Å². The lowest BCUT2D eigenvalue weighted by Crippen LogP contribution is -1.92. The van der Waals surface area contributed by atoms with Crippen LogP contribution in [-0.2, 0) is 9.05 Å². The molecule has 0 radical (unpaired) electrons. The number of halogens is 1. The monoisotopic (exact) mass is 257 g/mol. The van der Waals surface area contributed by atoms with E-state index in [0.29, 0.717) is 5.82 Å². The molecular formula is C9H8ClN3O2S. The summed E-state index contributed by atoms with van der Waals surface area (Å²) < 4.78 is 21.9. The highest BCUT2D eigenvalue weighted by molar-refractivity contribution is 8.13. The van der Waals surface area contributed by atoms with Gasteiger partial charge in [0.1, 0.15) is 0 Å². The van der Waals surface area contributed by atoms with Gasteiger partial charge in [0.05, 0.1) is 0 Å². The minimum Gasteiger partial charge on any atom is -0.248 e. The minimum absolute atomic E-state index is 0.305. The fourth-order valence-corrected chi connectivity index (χ4v) is 1.74. The Bertz CT molecular complexity index is 604. The van der Waals surface area contributed by atoms with Crippen LogP contribution in [0.3, 0.4) is 0 Å². The lowest BCUT2D eigenvalue weighted by atomic mass is 10.1. The number of hydrogen-bond donors (Lipinski definition) is 1. The number of benzene rings is 1. The highest BCUT2D eigenvalue weighted by Crippen LogP contribution is 2.17.